The number of nitrogens with one attached hydrogen (secondary N) is 3. The summed E-state index contributed by atoms with van der Waals surface area (Å²) in [6.45, 7) is 7.21. The average molecular weight is 314 g/mol. The molecule has 3 N–H and O–H groups in total. The number of ketones is 1. The van der Waals surface area contributed by atoms with Gasteiger partial charge in [0.2, 0.25) is 0 Å². The van der Waals surface area contributed by atoms with Gasteiger partial charge in [0.25, 0.3) is 5.91 Å². The lowest BCUT2D eigenvalue weighted by atomic mass is 10.0. The van der Waals surface area contributed by atoms with Crippen LogP contribution in [0.15, 0.2) is 0 Å². The lowest BCUT2D eigenvalue weighted by Gasteiger charge is -2.11. The Labute approximate surface area is 131 Å². The molecule has 0 aliphatic carbocycles. The molecule has 0 bridgehead atoms. The minimum atomic E-state index is -0.0993. The third-order valence-corrected chi connectivity index (χ3v) is 3.77. The zero-order valence-electron chi connectivity index (χ0n) is 12.8. The molecule has 1 saturated heterocycles. The molecular formula is C15H24ClN3O2. The Balaban J connectivity index is 0.00000220. The van der Waals surface area contributed by atoms with Gasteiger partial charge in [0, 0.05) is 23.8 Å². The number of aryl methyl sites for hydroxylation is 1. The van der Waals surface area contributed by atoms with Crippen LogP contribution in [0, 0.1) is 6.92 Å². The summed E-state index contributed by atoms with van der Waals surface area (Å²) in [4.78, 5) is 27.3. The van der Waals surface area contributed by atoms with Crippen molar-refractivity contribution in [1.29, 1.82) is 0 Å². The topological polar surface area (TPSA) is 74.0 Å². The molecule has 1 unspecified atom stereocenters. The number of carbonyl (C=O) groups excluding carboxylic acids is 2. The van der Waals surface area contributed by atoms with Crippen LogP contribution in [0.4, 0.5) is 0 Å². The summed E-state index contributed by atoms with van der Waals surface area (Å²) in [6.07, 6.45) is 2.60. The maximum absolute atomic E-state index is 12.4. The van der Waals surface area contributed by atoms with Gasteiger partial charge < -0.3 is 15.6 Å². The van der Waals surface area contributed by atoms with Gasteiger partial charge in [0.1, 0.15) is 5.69 Å². The summed E-state index contributed by atoms with van der Waals surface area (Å²) in [7, 11) is 0. The standard InChI is InChI=1S/C15H23N3O2.ClH/c1-4-5-12-13(10(3)19)9(2)17-14(12)15(20)18-11-6-7-16-8-11;/h11,16-17H,4-8H2,1-3H3,(H,18,20);1H. The van der Waals surface area contributed by atoms with Crippen LogP contribution in [0.3, 0.4) is 0 Å². The Morgan fingerprint density at radius 1 is 1.38 bits per heavy atom. The first-order chi connectivity index (χ1) is 9.54. The van der Waals surface area contributed by atoms with E-state index < -0.39 is 0 Å². The van der Waals surface area contributed by atoms with Gasteiger partial charge in [-0.15, -0.1) is 12.4 Å². The van der Waals surface area contributed by atoms with Crippen molar-refractivity contribution in [2.24, 2.45) is 0 Å². The molecule has 1 aromatic rings. The van der Waals surface area contributed by atoms with Gasteiger partial charge in [-0.2, -0.15) is 0 Å². The van der Waals surface area contributed by atoms with Crippen molar-refractivity contribution < 1.29 is 9.59 Å². The van der Waals surface area contributed by atoms with Gasteiger partial charge in [-0.1, -0.05) is 13.3 Å². The van der Waals surface area contributed by atoms with Gasteiger partial charge in [-0.05, 0) is 38.8 Å². The Kier molecular flexibility index (Phi) is 6.42. The molecule has 0 saturated carbocycles. The molecule has 6 heteroatoms. The second-order valence-corrected chi connectivity index (χ2v) is 5.45. The summed E-state index contributed by atoms with van der Waals surface area (Å²) in [6, 6.07) is 0.182. The number of hydrogen-bond acceptors (Lipinski definition) is 3. The maximum Gasteiger partial charge on any atom is 0.268 e. The number of amides is 1. The molecule has 1 atom stereocenters. The van der Waals surface area contributed by atoms with Crippen LogP contribution in [-0.4, -0.2) is 35.8 Å². The Morgan fingerprint density at radius 3 is 2.62 bits per heavy atom. The quantitative estimate of drug-likeness (QED) is 0.728. The number of Topliss-reactive ketones (excluding diaryl/α,β-unsaturated/α-hetero) is 1. The monoisotopic (exact) mass is 313 g/mol. The third-order valence-electron chi connectivity index (χ3n) is 3.77. The van der Waals surface area contributed by atoms with Crippen molar-refractivity contribution in [2.75, 3.05) is 13.1 Å². The number of rotatable bonds is 5. The summed E-state index contributed by atoms with van der Waals surface area (Å²) >= 11 is 0. The highest BCUT2D eigenvalue weighted by Crippen LogP contribution is 2.21. The van der Waals surface area contributed by atoms with Crippen LogP contribution in [0.25, 0.3) is 0 Å². The van der Waals surface area contributed by atoms with Gasteiger partial charge in [-0.25, -0.2) is 0 Å². The number of carbonyl (C=O) groups is 2. The Bertz CT molecular complexity index is 519. The fourth-order valence-electron chi connectivity index (χ4n) is 2.88. The van der Waals surface area contributed by atoms with Gasteiger partial charge >= 0.3 is 0 Å². The van der Waals surface area contributed by atoms with Crippen molar-refractivity contribution in [2.45, 2.75) is 46.1 Å². The zero-order valence-corrected chi connectivity index (χ0v) is 13.7. The summed E-state index contributed by atoms with van der Waals surface area (Å²) in [5.41, 5.74) is 2.89. The third kappa shape index (κ3) is 3.86. The first-order valence-electron chi connectivity index (χ1n) is 7.28. The van der Waals surface area contributed by atoms with Crippen molar-refractivity contribution in [3.8, 4) is 0 Å². The molecule has 0 radical (unpaired) electrons. The molecule has 1 aromatic heterocycles. The number of hydrogen-bond donors (Lipinski definition) is 3. The summed E-state index contributed by atoms with van der Waals surface area (Å²) in [5.74, 6) is -0.0819. The second kappa shape index (κ2) is 7.61. The van der Waals surface area contributed by atoms with E-state index in [0.717, 1.165) is 43.6 Å². The van der Waals surface area contributed by atoms with Crippen molar-refractivity contribution >= 4 is 24.1 Å². The molecule has 2 rings (SSSR count). The second-order valence-electron chi connectivity index (χ2n) is 5.45. The van der Waals surface area contributed by atoms with Gasteiger partial charge in [0.15, 0.2) is 5.78 Å². The molecule has 1 aliphatic heterocycles. The van der Waals surface area contributed by atoms with Crippen LogP contribution in [0.5, 0.6) is 0 Å². The molecular weight excluding hydrogens is 290 g/mol. The summed E-state index contributed by atoms with van der Waals surface area (Å²) < 4.78 is 0. The predicted molar refractivity (Wildman–Crippen MR) is 85.5 cm³/mol. The fraction of sp³-hybridized carbons (Fsp3) is 0.600. The highest BCUT2D eigenvalue weighted by Gasteiger charge is 2.24. The Morgan fingerprint density at radius 2 is 2.10 bits per heavy atom. The molecule has 0 aromatic carbocycles. The van der Waals surface area contributed by atoms with E-state index in [0.29, 0.717) is 11.3 Å². The SMILES string of the molecule is CCCc1c(C(=O)NC2CCNC2)[nH]c(C)c1C(C)=O.Cl. The Hall–Kier alpha value is -1.33. The number of H-pyrrole nitrogens is 1. The van der Waals surface area contributed by atoms with E-state index in [1.807, 2.05) is 6.92 Å². The minimum absolute atomic E-state index is 0. The highest BCUT2D eigenvalue weighted by atomic mass is 35.5. The first-order valence-corrected chi connectivity index (χ1v) is 7.28. The van der Waals surface area contributed by atoms with Crippen LogP contribution in [0.1, 0.15) is 58.8 Å². The van der Waals surface area contributed by atoms with E-state index in [2.05, 4.69) is 22.5 Å². The summed E-state index contributed by atoms with van der Waals surface area (Å²) in [5, 5.41) is 6.25. The lowest BCUT2D eigenvalue weighted by molar-refractivity contribution is 0.0934. The molecule has 1 aliphatic rings. The molecule has 21 heavy (non-hydrogen) atoms. The molecule has 0 spiro atoms. The van der Waals surface area contributed by atoms with Crippen LogP contribution in [0.2, 0.25) is 0 Å². The van der Waals surface area contributed by atoms with E-state index in [1.54, 1.807) is 6.92 Å². The van der Waals surface area contributed by atoms with Crippen molar-refractivity contribution in [3.63, 3.8) is 0 Å². The number of aromatic amines is 1. The number of halogens is 1. The van der Waals surface area contributed by atoms with Gasteiger partial charge in [-0.3, -0.25) is 9.59 Å². The van der Waals surface area contributed by atoms with Gasteiger partial charge in [0.05, 0.1) is 0 Å². The maximum atomic E-state index is 12.4. The van der Waals surface area contributed by atoms with Crippen molar-refractivity contribution in [3.05, 3.63) is 22.5 Å². The minimum Gasteiger partial charge on any atom is -0.354 e. The zero-order chi connectivity index (χ0) is 14.7. The normalized spacial score (nSPS) is 17.4. The molecule has 1 fully saturated rings. The average Bonchev–Trinajstić information content (AvgIpc) is 2.97. The largest absolute Gasteiger partial charge is 0.354 e. The van der Waals surface area contributed by atoms with Crippen LogP contribution >= 0.6 is 12.4 Å². The molecule has 118 valence electrons. The van der Waals surface area contributed by atoms with Crippen LogP contribution < -0.4 is 10.6 Å². The van der Waals surface area contributed by atoms with Crippen LogP contribution in [-0.2, 0) is 6.42 Å². The van der Waals surface area contributed by atoms with E-state index in [9.17, 15) is 9.59 Å². The van der Waals surface area contributed by atoms with E-state index >= 15 is 0 Å². The smallest absolute Gasteiger partial charge is 0.268 e. The first kappa shape index (κ1) is 17.7. The lowest BCUT2D eigenvalue weighted by Crippen LogP contribution is -2.36. The van der Waals surface area contributed by atoms with E-state index in [-0.39, 0.29) is 30.1 Å². The van der Waals surface area contributed by atoms with E-state index in [4.69, 9.17) is 0 Å². The molecule has 2 heterocycles. The molecule has 1 amide bonds. The highest BCUT2D eigenvalue weighted by molar-refractivity contribution is 6.02. The fourth-order valence-corrected chi connectivity index (χ4v) is 2.88. The number of aromatic nitrogens is 1. The van der Waals surface area contributed by atoms with E-state index in [1.165, 1.54) is 0 Å². The molecule has 5 nitrogen and oxygen atoms in total. The van der Waals surface area contributed by atoms with Crippen molar-refractivity contribution in [1.82, 2.24) is 15.6 Å². The predicted octanol–water partition coefficient (Wildman–Crippen LogP) is 1.99.